The quantitative estimate of drug-likeness (QED) is 0.634. The molecule has 4 rings (SSSR count). The second kappa shape index (κ2) is 6.79. The van der Waals surface area contributed by atoms with E-state index in [4.69, 9.17) is 0 Å². The number of H-pyrrole nitrogens is 1. The molecule has 8 heteroatoms. The molecule has 0 saturated carbocycles. The number of thiophene rings is 1. The largest absolute Gasteiger partial charge is 0.493 e. The molecular formula is C20H20N4O3S. The monoisotopic (exact) mass is 396 g/mol. The van der Waals surface area contributed by atoms with Crippen molar-refractivity contribution >= 4 is 17.0 Å². The van der Waals surface area contributed by atoms with Crippen molar-refractivity contribution in [3.05, 3.63) is 77.6 Å². The minimum absolute atomic E-state index is 0.0158. The summed E-state index contributed by atoms with van der Waals surface area (Å²) < 4.78 is 1.11. The minimum atomic E-state index is -0.687. The summed E-state index contributed by atoms with van der Waals surface area (Å²) in [5.41, 5.74) is 4.52. The van der Waals surface area contributed by atoms with Crippen LogP contribution in [0.1, 0.15) is 38.9 Å². The standard InChI is InChI=1S/C20H20N4O3S/c1-10-6-11(2)8-13(7-10)24-19(26)17(18(25)21-20(24)27)15-9-14(22-23-15)16-5-4-12(3)28-16/h4-8,14,22,26H,9H2,1-3H3,(H,21,25,27). The molecule has 3 aromatic rings. The van der Waals surface area contributed by atoms with E-state index in [0.717, 1.165) is 20.6 Å². The van der Waals surface area contributed by atoms with Crippen LogP contribution in [0.3, 0.4) is 0 Å². The molecule has 1 aromatic carbocycles. The van der Waals surface area contributed by atoms with Gasteiger partial charge in [-0.2, -0.15) is 5.10 Å². The Kier molecular flexibility index (Phi) is 4.43. The van der Waals surface area contributed by atoms with Gasteiger partial charge in [-0.05, 0) is 56.2 Å². The molecule has 0 radical (unpaired) electrons. The molecule has 3 heterocycles. The predicted molar refractivity (Wildman–Crippen MR) is 110 cm³/mol. The molecule has 0 amide bonds. The number of aromatic nitrogens is 2. The van der Waals surface area contributed by atoms with Gasteiger partial charge in [0.25, 0.3) is 5.56 Å². The zero-order chi connectivity index (χ0) is 20.0. The first-order valence-corrected chi connectivity index (χ1v) is 9.71. The van der Waals surface area contributed by atoms with Crippen LogP contribution in [0.25, 0.3) is 5.69 Å². The van der Waals surface area contributed by atoms with Gasteiger partial charge in [-0.25, -0.2) is 9.36 Å². The van der Waals surface area contributed by atoms with Gasteiger partial charge in [0.2, 0.25) is 5.88 Å². The third-order valence-electron chi connectivity index (χ3n) is 4.70. The van der Waals surface area contributed by atoms with Gasteiger partial charge in [0, 0.05) is 16.2 Å². The molecule has 0 bridgehead atoms. The second-order valence-electron chi connectivity index (χ2n) is 7.03. The van der Waals surface area contributed by atoms with Crippen molar-refractivity contribution in [2.24, 2.45) is 5.10 Å². The van der Waals surface area contributed by atoms with E-state index in [1.165, 1.54) is 4.88 Å². The van der Waals surface area contributed by atoms with Crippen LogP contribution in [0.4, 0.5) is 0 Å². The first-order chi connectivity index (χ1) is 13.3. The van der Waals surface area contributed by atoms with Crippen molar-refractivity contribution in [3.63, 3.8) is 0 Å². The average Bonchev–Trinajstić information content (AvgIpc) is 3.22. The molecular weight excluding hydrogens is 376 g/mol. The molecule has 0 aliphatic carbocycles. The van der Waals surface area contributed by atoms with Gasteiger partial charge >= 0.3 is 5.69 Å². The van der Waals surface area contributed by atoms with E-state index in [1.807, 2.05) is 39.0 Å². The highest BCUT2D eigenvalue weighted by Gasteiger charge is 2.28. The van der Waals surface area contributed by atoms with E-state index < -0.39 is 17.1 Å². The lowest BCUT2D eigenvalue weighted by atomic mass is 10.1. The zero-order valence-electron chi connectivity index (χ0n) is 15.7. The Balaban J connectivity index is 1.79. The zero-order valence-corrected chi connectivity index (χ0v) is 16.6. The Hall–Kier alpha value is -3.13. The average molecular weight is 396 g/mol. The lowest BCUT2D eigenvalue weighted by Crippen LogP contribution is -2.33. The van der Waals surface area contributed by atoms with Crippen molar-refractivity contribution in [2.75, 3.05) is 0 Å². The fourth-order valence-corrected chi connectivity index (χ4v) is 4.43. The van der Waals surface area contributed by atoms with Gasteiger partial charge in [0.15, 0.2) is 0 Å². The highest BCUT2D eigenvalue weighted by Crippen LogP contribution is 2.30. The van der Waals surface area contributed by atoms with Crippen molar-refractivity contribution in [3.8, 4) is 11.6 Å². The second-order valence-corrected chi connectivity index (χ2v) is 8.35. The normalized spacial score (nSPS) is 16.1. The Morgan fingerprint density at radius 3 is 2.50 bits per heavy atom. The Labute approximate surface area is 165 Å². The molecule has 1 unspecified atom stereocenters. The number of hydrazone groups is 1. The van der Waals surface area contributed by atoms with Crippen molar-refractivity contribution in [1.82, 2.24) is 15.0 Å². The summed E-state index contributed by atoms with van der Waals surface area (Å²) in [6.07, 6.45) is 0.446. The molecule has 1 aliphatic rings. The van der Waals surface area contributed by atoms with Crippen molar-refractivity contribution in [2.45, 2.75) is 33.2 Å². The molecule has 1 atom stereocenters. The van der Waals surface area contributed by atoms with Crippen LogP contribution in [-0.2, 0) is 0 Å². The summed E-state index contributed by atoms with van der Waals surface area (Å²) in [7, 11) is 0. The van der Waals surface area contributed by atoms with E-state index in [0.29, 0.717) is 17.8 Å². The van der Waals surface area contributed by atoms with Crippen molar-refractivity contribution in [1.29, 1.82) is 0 Å². The topological polar surface area (TPSA) is 99.5 Å². The fraction of sp³-hybridized carbons (Fsp3) is 0.250. The number of aromatic amines is 1. The smallest absolute Gasteiger partial charge is 0.335 e. The maximum Gasteiger partial charge on any atom is 0.335 e. The molecule has 28 heavy (non-hydrogen) atoms. The van der Waals surface area contributed by atoms with Crippen LogP contribution in [0.2, 0.25) is 0 Å². The summed E-state index contributed by atoms with van der Waals surface area (Å²) >= 11 is 1.66. The van der Waals surface area contributed by atoms with Crippen LogP contribution in [0.15, 0.2) is 45.0 Å². The SMILES string of the molecule is Cc1cc(C)cc(-n2c(O)c(C3=NNC(c4ccc(C)s4)C3)c(=O)[nH]c2=O)c1. The van der Waals surface area contributed by atoms with Gasteiger partial charge in [0.1, 0.15) is 5.56 Å². The van der Waals surface area contributed by atoms with Crippen LogP contribution in [-0.4, -0.2) is 20.4 Å². The highest BCUT2D eigenvalue weighted by molar-refractivity contribution is 7.12. The number of rotatable bonds is 3. The number of aromatic hydroxyl groups is 1. The Morgan fingerprint density at radius 2 is 1.86 bits per heavy atom. The van der Waals surface area contributed by atoms with E-state index in [2.05, 4.69) is 15.5 Å². The fourth-order valence-electron chi connectivity index (χ4n) is 3.51. The molecule has 0 fully saturated rings. The van der Waals surface area contributed by atoms with Gasteiger partial charge in [-0.1, -0.05) is 6.07 Å². The van der Waals surface area contributed by atoms with Gasteiger partial charge in [-0.15, -0.1) is 11.3 Å². The van der Waals surface area contributed by atoms with Gasteiger partial charge < -0.3 is 10.5 Å². The number of hydrogen-bond donors (Lipinski definition) is 3. The molecule has 0 spiro atoms. The van der Waals surface area contributed by atoms with Gasteiger partial charge in [-0.3, -0.25) is 9.78 Å². The van der Waals surface area contributed by atoms with Crippen LogP contribution >= 0.6 is 11.3 Å². The van der Waals surface area contributed by atoms with Crippen LogP contribution < -0.4 is 16.7 Å². The van der Waals surface area contributed by atoms with Crippen LogP contribution in [0.5, 0.6) is 5.88 Å². The van der Waals surface area contributed by atoms with E-state index >= 15 is 0 Å². The minimum Gasteiger partial charge on any atom is -0.493 e. The summed E-state index contributed by atoms with van der Waals surface area (Å²) in [5.74, 6) is -0.401. The third-order valence-corrected chi connectivity index (χ3v) is 5.81. The number of hydrogen-bond acceptors (Lipinski definition) is 6. The van der Waals surface area contributed by atoms with Gasteiger partial charge in [0.05, 0.1) is 17.4 Å². The molecule has 3 N–H and O–H groups in total. The number of aryl methyl sites for hydroxylation is 3. The summed E-state index contributed by atoms with van der Waals surface area (Å²) in [6, 6.07) is 9.52. The summed E-state index contributed by atoms with van der Waals surface area (Å²) in [6.45, 7) is 5.84. The molecule has 1 aliphatic heterocycles. The lowest BCUT2D eigenvalue weighted by Gasteiger charge is -2.13. The molecule has 7 nitrogen and oxygen atoms in total. The number of benzene rings is 1. The molecule has 2 aromatic heterocycles. The lowest BCUT2D eigenvalue weighted by molar-refractivity contribution is 0.429. The third kappa shape index (κ3) is 3.16. The van der Waals surface area contributed by atoms with Crippen molar-refractivity contribution < 1.29 is 5.11 Å². The first-order valence-electron chi connectivity index (χ1n) is 8.89. The highest BCUT2D eigenvalue weighted by atomic mass is 32.1. The summed E-state index contributed by atoms with van der Waals surface area (Å²) in [4.78, 5) is 29.5. The number of nitrogens with zero attached hydrogens (tertiary/aromatic N) is 2. The Morgan fingerprint density at radius 1 is 1.14 bits per heavy atom. The number of nitrogens with one attached hydrogen (secondary N) is 2. The molecule has 144 valence electrons. The Bertz CT molecular complexity index is 1200. The van der Waals surface area contributed by atoms with E-state index in [1.54, 1.807) is 23.5 Å². The predicted octanol–water partition coefficient (Wildman–Crippen LogP) is 2.66. The maximum atomic E-state index is 12.5. The maximum absolute atomic E-state index is 12.5. The van der Waals surface area contributed by atoms with Crippen LogP contribution in [0, 0.1) is 20.8 Å². The van der Waals surface area contributed by atoms with E-state index in [9.17, 15) is 14.7 Å². The summed E-state index contributed by atoms with van der Waals surface area (Å²) in [5, 5.41) is 15.1. The molecule has 0 saturated heterocycles. The first kappa shape index (κ1) is 18.2. The van der Waals surface area contributed by atoms with E-state index in [-0.39, 0.29) is 11.6 Å².